The van der Waals surface area contributed by atoms with Crippen LogP contribution in [0, 0.1) is 39.9 Å². The van der Waals surface area contributed by atoms with Crippen molar-refractivity contribution in [2.75, 3.05) is 6.54 Å². The van der Waals surface area contributed by atoms with Gasteiger partial charge in [0, 0.05) is 12.8 Å². The Kier molecular flexibility index (Phi) is 7.81. The molecule has 0 heterocycles. The zero-order chi connectivity index (χ0) is 28.2. The Morgan fingerprint density at radius 1 is 1.05 bits per heavy atom. The molecule has 0 aromatic rings. The van der Waals surface area contributed by atoms with Gasteiger partial charge in [-0.25, -0.2) is 4.79 Å². The lowest BCUT2D eigenvalue weighted by molar-refractivity contribution is -0.234. The van der Waals surface area contributed by atoms with Gasteiger partial charge in [-0.1, -0.05) is 38.5 Å². The molecule has 0 radical (unpaired) electrons. The van der Waals surface area contributed by atoms with E-state index in [1.54, 1.807) is 12.2 Å². The minimum absolute atomic E-state index is 0.0164. The predicted molar refractivity (Wildman–Crippen MR) is 146 cm³/mol. The highest BCUT2D eigenvalue weighted by atomic mass is 16.5. The van der Waals surface area contributed by atoms with Crippen LogP contribution < -0.4 is 5.73 Å². The average Bonchev–Trinajstić information content (AvgIpc) is 3.08. The van der Waals surface area contributed by atoms with Gasteiger partial charge >= 0.3 is 11.9 Å². The lowest BCUT2D eigenvalue weighted by Crippen LogP contribution is -2.66. The maximum atomic E-state index is 12.6. The number of fused-ring (bicyclic) bond motifs is 5. The predicted octanol–water partition coefficient (Wildman–Crippen LogP) is 4.38. The number of aliphatic hydroxyl groups excluding tert-OH is 2. The summed E-state index contributed by atoms with van der Waals surface area (Å²) in [7, 11) is 0. The molecule has 212 valence electrons. The first-order valence-corrected chi connectivity index (χ1v) is 14.2. The molecule has 10 atom stereocenters. The van der Waals surface area contributed by atoms with Gasteiger partial charge in [0.25, 0.3) is 0 Å². The second-order valence-corrected chi connectivity index (χ2v) is 13.4. The quantitative estimate of drug-likeness (QED) is 0.236. The fourth-order valence-corrected chi connectivity index (χ4v) is 9.61. The molecule has 4 aliphatic rings. The number of esters is 1. The van der Waals surface area contributed by atoms with Gasteiger partial charge in [0.15, 0.2) is 0 Å². The van der Waals surface area contributed by atoms with E-state index in [2.05, 4.69) is 20.8 Å². The first kappa shape index (κ1) is 29.0. The summed E-state index contributed by atoms with van der Waals surface area (Å²) in [6.07, 6.45) is 7.73. The summed E-state index contributed by atoms with van der Waals surface area (Å²) in [5.41, 5.74) is 7.12. The Balaban J connectivity index is 1.85. The van der Waals surface area contributed by atoms with E-state index >= 15 is 0 Å². The highest BCUT2D eigenvalue weighted by Gasteiger charge is 2.71. The third-order valence-electron chi connectivity index (χ3n) is 11.3. The van der Waals surface area contributed by atoms with E-state index in [1.165, 1.54) is 6.92 Å². The number of aliphatic hydroxyl groups is 2. The number of carbonyl (C=O) groups excluding carboxylic acids is 1. The third-order valence-corrected chi connectivity index (χ3v) is 11.3. The summed E-state index contributed by atoms with van der Waals surface area (Å²) in [5.74, 6) is -1.50. The number of hydrogen-bond acceptors (Lipinski definition) is 6. The number of ether oxygens (including phenoxy) is 1. The highest BCUT2D eigenvalue weighted by Crippen LogP contribution is 2.74. The maximum Gasteiger partial charge on any atom is 0.335 e. The number of rotatable bonds is 5. The number of nitrogens with two attached hydrogens (primary N) is 1. The van der Waals surface area contributed by atoms with Crippen molar-refractivity contribution in [3.05, 3.63) is 34.9 Å². The van der Waals surface area contributed by atoms with Crippen LogP contribution in [0.1, 0.15) is 80.1 Å². The van der Waals surface area contributed by atoms with Crippen molar-refractivity contribution < 1.29 is 29.6 Å². The maximum absolute atomic E-state index is 12.6. The summed E-state index contributed by atoms with van der Waals surface area (Å²) in [4.78, 5) is 24.8. The van der Waals surface area contributed by atoms with Gasteiger partial charge in [0.1, 0.15) is 6.10 Å². The normalized spacial score (nSPS) is 45.6. The summed E-state index contributed by atoms with van der Waals surface area (Å²) in [6, 6.07) is 0. The minimum Gasteiger partial charge on any atom is -0.478 e. The minimum atomic E-state index is -1.05. The SMILES string of the molecule is CC(=O)O[C@H]1C[C@@]2(C)[C@@H](C[C@@H](O)[C@H]3[C@@]4(C)CC[C@@H](O)[C@@H](CN)[C@@H]4CC[C@@]32C)/C1=C(\C=C/C=C(C)C)C(=O)O. The van der Waals surface area contributed by atoms with Crippen molar-refractivity contribution in [2.24, 2.45) is 45.7 Å². The Hall–Kier alpha value is -1.96. The Labute approximate surface area is 227 Å². The molecule has 4 aliphatic carbocycles. The molecule has 0 amide bonds. The van der Waals surface area contributed by atoms with Crippen molar-refractivity contribution in [1.82, 2.24) is 0 Å². The molecule has 0 saturated heterocycles. The van der Waals surface area contributed by atoms with Crippen LogP contribution in [0.5, 0.6) is 0 Å². The first-order chi connectivity index (χ1) is 17.7. The Bertz CT molecular complexity index is 1060. The molecule has 7 nitrogen and oxygen atoms in total. The van der Waals surface area contributed by atoms with Crippen molar-refractivity contribution in [3.8, 4) is 0 Å². The van der Waals surface area contributed by atoms with Crippen LogP contribution in [-0.2, 0) is 14.3 Å². The largest absolute Gasteiger partial charge is 0.478 e. The van der Waals surface area contributed by atoms with E-state index < -0.39 is 30.3 Å². The van der Waals surface area contributed by atoms with Crippen LogP contribution in [0.4, 0.5) is 0 Å². The fraction of sp³-hybridized carbons (Fsp3) is 0.742. The Morgan fingerprint density at radius 3 is 2.32 bits per heavy atom. The van der Waals surface area contributed by atoms with Crippen LogP contribution in [0.25, 0.3) is 0 Å². The van der Waals surface area contributed by atoms with Crippen molar-refractivity contribution in [1.29, 1.82) is 0 Å². The second-order valence-electron chi connectivity index (χ2n) is 13.4. The number of carbonyl (C=O) groups is 2. The van der Waals surface area contributed by atoms with Gasteiger partial charge < -0.3 is 25.8 Å². The van der Waals surface area contributed by atoms with Gasteiger partial charge in [-0.3, -0.25) is 4.79 Å². The molecule has 38 heavy (non-hydrogen) atoms. The molecule has 0 unspecified atom stereocenters. The number of allylic oxidation sites excluding steroid dienone is 3. The van der Waals surface area contributed by atoms with E-state index in [0.717, 1.165) is 24.8 Å². The molecular formula is C31H47NO6. The van der Waals surface area contributed by atoms with E-state index in [1.807, 2.05) is 19.9 Å². The monoisotopic (exact) mass is 529 g/mol. The van der Waals surface area contributed by atoms with Crippen LogP contribution >= 0.6 is 0 Å². The van der Waals surface area contributed by atoms with Gasteiger partial charge in [-0.2, -0.15) is 0 Å². The van der Waals surface area contributed by atoms with Crippen molar-refractivity contribution in [2.45, 2.75) is 98.4 Å². The average molecular weight is 530 g/mol. The molecular weight excluding hydrogens is 482 g/mol. The lowest BCUT2D eigenvalue weighted by Gasteiger charge is -2.69. The Morgan fingerprint density at radius 2 is 1.74 bits per heavy atom. The van der Waals surface area contributed by atoms with E-state index in [9.17, 15) is 24.9 Å². The van der Waals surface area contributed by atoms with Crippen LogP contribution in [-0.4, -0.2) is 52.1 Å². The fourth-order valence-electron chi connectivity index (χ4n) is 9.61. The zero-order valence-electron chi connectivity index (χ0n) is 23.9. The van der Waals surface area contributed by atoms with E-state index in [-0.39, 0.29) is 45.5 Å². The van der Waals surface area contributed by atoms with Gasteiger partial charge in [-0.15, -0.1) is 0 Å². The van der Waals surface area contributed by atoms with Crippen LogP contribution in [0.2, 0.25) is 0 Å². The standard InChI is InChI=1S/C31H47NO6/c1-17(2)8-7-9-19(28(36)37)26-22-14-24(35)27-29(4)12-11-23(34)20(16-32)21(29)10-13-30(27,5)31(22,6)15-25(26)38-18(3)33/h7-9,20-25,27,34-35H,10-16,32H2,1-6H3,(H,36,37)/b9-7-,26-19-/t20-,21-,22-,23+,24+,25-,27-,29-,30-,31-/m0/s1. The van der Waals surface area contributed by atoms with Gasteiger partial charge in [-0.05, 0) is 105 Å². The molecule has 7 heteroatoms. The van der Waals surface area contributed by atoms with E-state index in [4.69, 9.17) is 10.5 Å². The van der Waals surface area contributed by atoms with Gasteiger partial charge in [0.2, 0.25) is 0 Å². The number of aliphatic carboxylic acids is 1. The topological polar surface area (TPSA) is 130 Å². The van der Waals surface area contributed by atoms with Crippen LogP contribution in [0.3, 0.4) is 0 Å². The van der Waals surface area contributed by atoms with Crippen molar-refractivity contribution in [3.63, 3.8) is 0 Å². The number of carboxylic acid groups (broad SMARTS) is 1. The summed E-state index contributed by atoms with van der Waals surface area (Å²) in [5, 5.41) is 33.0. The molecule has 4 fully saturated rings. The molecule has 0 aliphatic heterocycles. The number of hydrogen-bond donors (Lipinski definition) is 4. The highest BCUT2D eigenvalue weighted by molar-refractivity contribution is 5.91. The third kappa shape index (κ3) is 4.39. The molecule has 4 rings (SSSR count). The van der Waals surface area contributed by atoms with Crippen molar-refractivity contribution >= 4 is 11.9 Å². The van der Waals surface area contributed by atoms with Crippen LogP contribution in [0.15, 0.2) is 34.9 Å². The molecule has 0 aromatic heterocycles. The first-order valence-electron chi connectivity index (χ1n) is 14.2. The molecule has 5 N–H and O–H groups in total. The zero-order valence-corrected chi connectivity index (χ0v) is 23.9. The summed E-state index contributed by atoms with van der Waals surface area (Å²) < 4.78 is 5.84. The molecule has 0 aromatic carbocycles. The smallest absolute Gasteiger partial charge is 0.335 e. The second kappa shape index (κ2) is 10.2. The molecule has 0 bridgehead atoms. The van der Waals surface area contributed by atoms with Gasteiger partial charge in [0.05, 0.1) is 17.8 Å². The summed E-state index contributed by atoms with van der Waals surface area (Å²) in [6.45, 7) is 12.5. The molecule has 4 saturated carbocycles. The number of carboxylic acids is 1. The summed E-state index contributed by atoms with van der Waals surface area (Å²) >= 11 is 0. The molecule has 0 spiro atoms. The lowest BCUT2D eigenvalue weighted by atomic mass is 9.36. The van der Waals surface area contributed by atoms with E-state index in [0.29, 0.717) is 31.4 Å².